The molecule has 0 aromatic heterocycles. The molecule has 0 rings (SSSR count). The maximum Gasteiger partial charge on any atom is 0.306 e. The number of rotatable bonds is 4. The van der Waals surface area contributed by atoms with Gasteiger partial charge in [0.15, 0.2) is 0 Å². The summed E-state index contributed by atoms with van der Waals surface area (Å²) in [5, 5.41) is 0. The van der Waals surface area contributed by atoms with Crippen LogP contribution in [0.15, 0.2) is 11.6 Å². The van der Waals surface area contributed by atoms with Crippen LogP contribution in [0.4, 0.5) is 0 Å². The fourth-order valence-corrected chi connectivity index (χ4v) is 0.858. The number of aldehydes is 1. The van der Waals surface area contributed by atoms with Gasteiger partial charge in [-0.15, -0.1) is 0 Å². The second-order valence-corrected chi connectivity index (χ2v) is 4.19. The zero-order valence-corrected chi connectivity index (χ0v) is 9.29. The quantitative estimate of drug-likeness (QED) is 0.395. The van der Waals surface area contributed by atoms with Crippen LogP contribution in [0, 0.1) is 0 Å². The van der Waals surface area contributed by atoms with Crippen molar-refractivity contribution in [2.45, 2.75) is 46.1 Å². The van der Waals surface area contributed by atoms with Crippen LogP contribution in [-0.2, 0) is 14.3 Å². The van der Waals surface area contributed by atoms with E-state index >= 15 is 0 Å². The SMILES string of the molecule is C/C(C=O)=C\CCC(=O)OC(C)(C)C. The third-order valence-electron chi connectivity index (χ3n) is 1.42. The molecule has 0 saturated carbocycles. The number of allylic oxidation sites excluding steroid dienone is 2. The van der Waals surface area contributed by atoms with Gasteiger partial charge in [-0.1, -0.05) is 6.08 Å². The summed E-state index contributed by atoms with van der Waals surface area (Å²) in [6.07, 6.45) is 3.38. The maximum atomic E-state index is 11.2. The molecule has 80 valence electrons. The van der Waals surface area contributed by atoms with Crippen LogP contribution in [0.3, 0.4) is 0 Å². The average molecular weight is 198 g/mol. The first-order valence-corrected chi connectivity index (χ1v) is 4.69. The second-order valence-electron chi connectivity index (χ2n) is 4.19. The average Bonchev–Trinajstić information content (AvgIpc) is 2.00. The Morgan fingerprint density at radius 2 is 1.93 bits per heavy atom. The Morgan fingerprint density at radius 1 is 1.36 bits per heavy atom. The number of esters is 1. The molecule has 0 aliphatic carbocycles. The fraction of sp³-hybridized carbons (Fsp3) is 0.636. The minimum absolute atomic E-state index is 0.229. The van der Waals surface area contributed by atoms with Gasteiger partial charge < -0.3 is 4.74 Å². The number of carbonyl (C=O) groups is 2. The van der Waals surface area contributed by atoms with Gasteiger partial charge in [0, 0.05) is 6.42 Å². The highest BCUT2D eigenvalue weighted by Gasteiger charge is 2.15. The van der Waals surface area contributed by atoms with Crippen LogP contribution in [0.5, 0.6) is 0 Å². The van der Waals surface area contributed by atoms with Crippen LogP contribution < -0.4 is 0 Å². The van der Waals surface area contributed by atoms with E-state index in [1.807, 2.05) is 20.8 Å². The second kappa shape index (κ2) is 5.58. The van der Waals surface area contributed by atoms with Gasteiger partial charge in [0.2, 0.25) is 0 Å². The highest BCUT2D eigenvalue weighted by atomic mass is 16.6. The van der Waals surface area contributed by atoms with Crippen LogP contribution in [0.2, 0.25) is 0 Å². The monoisotopic (exact) mass is 198 g/mol. The first kappa shape index (κ1) is 12.9. The molecule has 0 heterocycles. The van der Waals surface area contributed by atoms with Crippen LogP contribution in [-0.4, -0.2) is 17.9 Å². The number of hydrogen-bond acceptors (Lipinski definition) is 3. The molecule has 3 nitrogen and oxygen atoms in total. The molecule has 0 spiro atoms. The predicted molar refractivity (Wildman–Crippen MR) is 54.9 cm³/mol. The molecule has 0 fully saturated rings. The minimum atomic E-state index is -0.430. The lowest BCUT2D eigenvalue weighted by Gasteiger charge is -2.19. The lowest BCUT2D eigenvalue weighted by atomic mass is 10.2. The largest absolute Gasteiger partial charge is 0.460 e. The Bertz CT molecular complexity index is 233. The van der Waals surface area contributed by atoms with Gasteiger partial charge in [0.25, 0.3) is 0 Å². The van der Waals surface area contributed by atoms with Crippen molar-refractivity contribution in [2.75, 3.05) is 0 Å². The third-order valence-corrected chi connectivity index (χ3v) is 1.42. The van der Waals surface area contributed by atoms with E-state index in [0.717, 1.165) is 6.29 Å². The highest BCUT2D eigenvalue weighted by molar-refractivity contribution is 5.73. The Morgan fingerprint density at radius 3 is 2.36 bits per heavy atom. The van der Waals surface area contributed by atoms with Gasteiger partial charge in [-0.25, -0.2) is 0 Å². The van der Waals surface area contributed by atoms with Crippen molar-refractivity contribution in [1.29, 1.82) is 0 Å². The molecule has 0 unspecified atom stereocenters. The summed E-state index contributed by atoms with van der Waals surface area (Å²) in [5.74, 6) is -0.229. The standard InChI is InChI=1S/C11H18O3/c1-9(8-12)6-5-7-10(13)14-11(2,3)4/h6,8H,5,7H2,1-4H3/b9-6+. The Labute approximate surface area is 85.1 Å². The molecule has 0 aliphatic rings. The molecule has 0 aromatic rings. The molecule has 3 heteroatoms. The summed E-state index contributed by atoms with van der Waals surface area (Å²) in [6, 6.07) is 0. The molecular weight excluding hydrogens is 180 g/mol. The van der Waals surface area contributed by atoms with Crippen molar-refractivity contribution in [3.8, 4) is 0 Å². The molecule has 14 heavy (non-hydrogen) atoms. The van der Waals surface area contributed by atoms with Crippen molar-refractivity contribution in [2.24, 2.45) is 0 Å². The maximum absolute atomic E-state index is 11.2. The van der Waals surface area contributed by atoms with Crippen molar-refractivity contribution >= 4 is 12.3 Å². The van der Waals surface area contributed by atoms with Crippen molar-refractivity contribution < 1.29 is 14.3 Å². The van der Waals surface area contributed by atoms with Crippen LogP contribution in [0.25, 0.3) is 0 Å². The van der Waals surface area contributed by atoms with Crippen molar-refractivity contribution in [1.82, 2.24) is 0 Å². The Hall–Kier alpha value is -1.12. The third kappa shape index (κ3) is 7.53. The van der Waals surface area contributed by atoms with Crippen molar-refractivity contribution in [3.05, 3.63) is 11.6 Å². The fourth-order valence-electron chi connectivity index (χ4n) is 0.858. The van der Waals surface area contributed by atoms with E-state index in [9.17, 15) is 9.59 Å². The Balaban J connectivity index is 3.81. The van der Waals surface area contributed by atoms with E-state index in [4.69, 9.17) is 4.74 Å². The summed E-state index contributed by atoms with van der Waals surface area (Å²) in [6.45, 7) is 7.20. The first-order valence-electron chi connectivity index (χ1n) is 4.69. The molecule has 0 bridgehead atoms. The molecule has 0 aliphatic heterocycles. The van der Waals surface area contributed by atoms with E-state index in [2.05, 4.69) is 0 Å². The molecule has 0 radical (unpaired) electrons. The molecule has 0 atom stereocenters. The lowest BCUT2D eigenvalue weighted by molar-refractivity contribution is -0.154. The zero-order valence-electron chi connectivity index (χ0n) is 9.29. The molecule has 0 saturated heterocycles. The predicted octanol–water partition coefficient (Wildman–Crippen LogP) is 2.25. The molecule has 0 N–H and O–H groups in total. The zero-order chi connectivity index (χ0) is 11.2. The summed E-state index contributed by atoms with van der Waals surface area (Å²) in [4.78, 5) is 21.4. The number of hydrogen-bond donors (Lipinski definition) is 0. The van der Waals surface area contributed by atoms with Crippen LogP contribution >= 0.6 is 0 Å². The number of ether oxygens (including phenoxy) is 1. The Kier molecular flexibility index (Phi) is 5.13. The summed E-state index contributed by atoms with van der Waals surface area (Å²) >= 11 is 0. The van der Waals surface area contributed by atoms with Gasteiger partial charge in [-0.3, -0.25) is 9.59 Å². The smallest absolute Gasteiger partial charge is 0.306 e. The van der Waals surface area contributed by atoms with Crippen molar-refractivity contribution in [3.63, 3.8) is 0 Å². The van der Waals surface area contributed by atoms with E-state index < -0.39 is 5.60 Å². The first-order chi connectivity index (χ1) is 6.35. The molecular formula is C11H18O3. The minimum Gasteiger partial charge on any atom is -0.460 e. The molecule has 0 aromatic carbocycles. The van der Waals surface area contributed by atoms with Gasteiger partial charge in [-0.2, -0.15) is 0 Å². The molecule has 0 amide bonds. The van der Waals surface area contributed by atoms with Gasteiger partial charge in [0.05, 0.1) is 0 Å². The van der Waals surface area contributed by atoms with Gasteiger partial charge in [0.1, 0.15) is 11.9 Å². The van der Waals surface area contributed by atoms with E-state index in [0.29, 0.717) is 18.4 Å². The normalized spacial score (nSPS) is 12.4. The summed E-state index contributed by atoms with van der Waals surface area (Å²) < 4.78 is 5.10. The number of carbonyl (C=O) groups excluding carboxylic acids is 2. The van der Waals surface area contributed by atoms with E-state index in [-0.39, 0.29) is 5.97 Å². The topological polar surface area (TPSA) is 43.4 Å². The van der Waals surface area contributed by atoms with Crippen LogP contribution in [0.1, 0.15) is 40.5 Å². The van der Waals surface area contributed by atoms with Gasteiger partial charge >= 0.3 is 5.97 Å². The summed E-state index contributed by atoms with van der Waals surface area (Å²) in [7, 11) is 0. The highest BCUT2D eigenvalue weighted by Crippen LogP contribution is 2.09. The lowest BCUT2D eigenvalue weighted by Crippen LogP contribution is -2.23. The van der Waals surface area contributed by atoms with Gasteiger partial charge in [-0.05, 0) is 39.7 Å². The van der Waals surface area contributed by atoms with E-state index in [1.54, 1.807) is 13.0 Å². The van der Waals surface area contributed by atoms with E-state index in [1.165, 1.54) is 0 Å². The summed E-state index contributed by atoms with van der Waals surface area (Å²) in [5.41, 5.74) is 0.217.